The van der Waals surface area contributed by atoms with Gasteiger partial charge in [0.1, 0.15) is 0 Å². The molecule has 0 aliphatic carbocycles. The Kier molecular flexibility index (Phi) is 5.67. The van der Waals surface area contributed by atoms with Gasteiger partial charge in [0.25, 0.3) is 0 Å². The third-order valence-corrected chi connectivity index (χ3v) is 5.72. The second-order valence-corrected chi connectivity index (χ2v) is 7.02. The first-order chi connectivity index (χ1) is 8.70. The molecule has 1 fully saturated rings. The van der Waals surface area contributed by atoms with E-state index < -0.39 is 0 Å². The summed E-state index contributed by atoms with van der Waals surface area (Å²) in [5, 5.41) is 3.60. The van der Waals surface area contributed by atoms with E-state index in [0.717, 1.165) is 13.2 Å². The van der Waals surface area contributed by atoms with E-state index in [1.807, 2.05) is 11.3 Å². The lowest BCUT2D eigenvalue weighted by atomic mass is 10.0. The van der Waals surface area contributed by atoms with E-state index in [2.05, 4.69) is 41.2 Å². The van der Waals surface area contributed by atoms with Gasteiger partial charge in [-0.25, -0.2) is 0 Å². The predicted molar refractivity (Wildman–Crippen MR) is 81.4 cm³/mol. The molecule has 2 rings (SSSR count). The molecule has 102 valence electrons. The number of aryl methyl sites for hydroxylation is 1. The van der Waals surface area contributed by atoms with Crippen LogP contribution in [0.3, 0.4) is 0 Å². The average molecular weight is 332 g/mol. The van der Waals surface area contributed by atoms with Gasteiger partial charge in [-0.3, -0.25) is 0 Å². The highest BCUT2D eigenvalue weighted by atomic mass is 79.9. The Labute approximate surface area is 122 Å². The van der Waals surface area contributed by atoms with Crippen molar-refractivity contribution >= 4 is 27.3 Å². The fourth-order valence-electron chi connectivity index (χ4n) is 2.47. The summed E-state index contributed by atoms with van der Waals surface area (Å²) in [5.74, 6) is 0. The highest BCUT2D eigenvalue weighted by molar-refractivity contribution is 9.10. The lowest BCUT2D eigenvalue weighted by Crippen LogP contribution is -2.21. The Morgan fingerprint density at radius 3 is 3.00 bits per heavy atom. The predicted octanol–water partition coefficient (Wildman–Crippen LogP) is 4.43. The van der Waals surface area contributed by atoms with Gasteiger partial charge in [-0.15, -0.1) is 11.3 Å². The number of halogens is 1. The van der Waals surface area contributed by atoms with Crippen molar-refractivity contribution in [2.24, 2.45) is 0 Å². The van der Waals surface area contributed by atoms with Crippen molar-refractivity contribution in [3.63, 3.8) is 0 Å². The first kappa shape index (κ1) is 14.5. The largest absolute Gasteiger partial charge is 0.378 e. The molecule has 1 aromatic heterocycles. The van der Waals surface area contributed by atoms with E-state index in [1.165, 1.54) is 39.9 Å². The van der Waals surface area contributed by atoms with Crippen LogP contribution >= 0.6 is 27.3 Å². The second kappa shape index (κ2) is 7.04. The van der Waals surface area contributed by atoms with Crippen molar-refractivity contribution in [1.82, 2.24) is 5.32 Å². The molecule has 0 saturated carbocycles. The van der Waals surface area contributed by atoms with E-state index in [1.54, 1.807) is 0 Å². The third kappa shape index (κ3) is 3.80. The lowest BCUT2D eigenvalue weighted by Gasteiger charge is -2.18. The lowest BCUT2D eigenvalue weighted by molar-refractivity contribution is 0.0997. The van der Waals surface area contributed by atoms with Crippen molar-refractivity contribution in [3.05, 3.63) is 20.3 Å². The topological polar surface area (TPSA) is 21.3 Å². The van der Waals surface area contributed by atoms with E-state index in [-0.39, 0.29) is 0 Å². The molecule has 2 atom stereocenters. The second-order valence-electron chi connectivity index (χ2n) is 4.88. The summed E-state index contributed by atoms with van der Waals surface area (Å²) in [7, 11) is 0. The molecular weight excluding hydrogens is 310 g/mol. The summed E-state index contributed by atoms with van der Waals surface area (Å²) in [6, 6.07) is 2.75. The molecule has 1 aliphatic rings. The van der Waals surface area contributed by atoms with E-state index >= 15 is 0 Å². The molecule has 1 aliphatic heterocycles. The zero-order valence-corrected chi connectivity index (χ0v) is 13.6. The van der Waals surface area contributed by atoms with E-state index in [9.17, 15) is 0 Å². The zero-order chi connectivity index (χ0) is 13.0. The Balaban J connectivity index is 1.94. The SMILES string of the molecule is CCNC(CCC1CCCO1)c1cc(Br)c(C)s1. The van der Waals surface area contributed by atoms with Crippen LogP contribution in [0.5, 0.6) is 0 Å². The maximum Gasteiger partial charge on any atom is 0.0576 e. The van der Waals surface area contributed by atoms with Gasteiger partial charge in [0.05, 0.1) is 6.10 Å². The van der Waals surface area contributed by atoms with Crippen LogP contribution in [-0.4, -0.2) is 19.3 Å². The van der Waals surface area contributed by atoms with Gasteiger partial charge in [-0.05, 0) is 61.1 Å². The van der Waals surface area contributed by atoms with E-state index in [4.69, 9.17) is 4.74 Å². The summed E-state index contributed by atoms with van der Waals surface area (Å²) in [4.78, 5) is 2.81. The molecular formula is C14H22BrNOS. The van der Waals surface area contributed by atoms with Crippen molar-refractivity contribution in [2.75, 3.05) is 13.2 Å². The highest BCUT2D eigenvalue weighted by Gasteiger charge is 2.19. The van der Waals surface area contributed by atoms with Gasteiger partial charge < -0.3 is 10.1 Å². The summed E-state index contributed by atoms with van der Waals surface area (Å²) < 4.78 is 6.95. The smallest absolute Gasteiger partial charge is 0.0576 e. The molecule has 0 bridgehead atoms. The molecule has 18 heavy (non-hydrogen) atoms. The molecule has 2 heterocycles. The number of ether oxygens (including phenoxy) is 1. The van der Waals surface area contributed by atoms with Crippen molar-refractivity contribution in [3.8, 4) is 0 Å². The highest BCUT2D eigenvalue weighted by Crippen LogP contribution is 2.33. The van der Waals surface area contributed by atoms with Gasteiger partial charge in [-0.1, -0.05) is 6.92 Å². The number of hydrogen-bond acceptors (Lipinski definition) is 3. The summed E-state index contributed by atoms with van der Waals surface area (Å²) >= 11 is 5.51. The Hall–Kier alpha value is 0.1000. The maximum atomic E-state index is 5.71. The van der Waals surface area contributed by atoms with E-state index in [0.29, 0.717) is 12.1 Å². The van der Waals surface area contributed by atoms with Crippen LogP contribution in [-0.2, 0) is 4.74 Å². The van der Waals surface area contributed by atoms with Crippen LogP contribution in [0.15, 0.2) is 10.5 Å². The minimum atomic E-state index is 0.481. The van der Waals surface area contributed by atoms with Gasteiger partial charge in [0.15, 0.2) is 0 Å². The van der Waals surface area contributed by atoms with Crippen LogP contribution in [0.1, 0.15) is 48.4 Å². The van der Waals surface area contributed by atoms with Gasteiger partial charge >= 0.3 is 0 Å². The van der Waals surface area contributed by atoms with Crippen molar-refractivity contribution in [2.45, 2.75) is 51.7 Å². The molecule has 0 radical (unpaired) electrons. The summed E-state index contributed by atoms with van der Waals surface area (Å²) in [5.41, 5.74) is 0. The minimum Gasteiger partial charge on any atom is -0.378 e. The molecule has 2 nitrogen and oxygen atoms in total. The molecule has 1 aromatic rings. The van der Waals surface area contributed by atoms with Crippen LogP contribution in [0, 0.1) is 6.92 Å². The van der Waals surface area contributed by atoms with Crippen LogP contribution in [0.4, 0.5) is 0 Å². The first-order valence-electron chi connectivity index (χ1n) is 6.81. The summed E-state index contributed by atoms with van der Waals surface area (Å²) in [6.07, 6.45) is 5.32. The molecule has 0 amide bonds. The Bertz CT molecular complexity index is 354. The quantitative estimate of drug-likeness (QED) is 0.832. The van der Waals surface area contributed by atoms with Crippen molar-refractivity contribution < 1.29 is 4.74 Å². The Morgan fingerprint density at radius 1 is 1.61 bits per heavy atom. The number of rotatable bonds is 6. The maximum absolute atomic E-state index is 5.71. The minimum absolute atomic E-state index is 0.481. The van der Waals surface area contributed by atoms with Crippen LogP contribution in [0.25, 0.3) is 0 Å². The van der Waals surface area contributed by atoms with Crippen molar-refractivity contribution in [1.29, 1.82) is 0 Å². The van der Waals surface area contributed by atoms with Gasteiger partial charge in [-0.2, -0.15) is 0 Å². The molecule has 0 spiro atoms. The molecule has 1 N–H and O–H groups in total. The molecule has 1 saturated heterocycles. The monoisotopic (exact) mass is 331 g/mol. The average Bonchev–Trinajstić information content (AvgIpc) is 2.96. The Morgan fingerprint density at radius 2 is 2.44 bits per heavy atom. The molecule has 0 aromatic carbocycles. The number of hydrogen-bond donors (Lipinski definition) is 1. The third-order valence-electron chi connectivity index (χ3n) is 3.47. The number of thiophene rings is 1. The normalized spacial score (nSPS) is 21.4. The fourth-order valence-corrected chi connectivity index (χ4v) is 4.14. The summed E-state index contributed by atoms with van der Waals surface area (Å²) in [6.45, 7) is 6.32. The van der Waals surface area contributed by atoms with Gasteiger partial charge in [0, 0.05) is 26.9 Å². The standard InChI is InChI=1S/C14H22BrNOS/c1-3-16-13(7-6-11-5-4-8-17-11)14-9-12(15)10(2)18-14/h9,11,13,16H,3-8H2,1-2H3. The zero-order valence-electron chi connectivity index (χ0n) is 11.2. The first-order valence-corrected chi connectivity index (χ1v) is 8.42. The number of nitrogens with one attached hydrogen (secondary N) is 1. The fraction of sp³-hybridized carbons (Fsp3) is 0.714. The van der Waals surface area contributed by atoms with Gasteiger partial charge in [0.2, 0.25) is 0 Å². The van der Waals surface area contributed by atoms with Crippen LogP contribution in [0.2, 0.25) is 0 Å². The molecule has 2 unspecified atom stereocenters. The van der Waals surface area contributed by atoms with Crippen LogP contribution < -0.4 is 5.32 Å². The molecule has 4 heteroatoms.